The summed E-state index contributed by atoms with van der Waals surface area (Å²) in [6.45, 7) is 40.5. The van der Waals surface area contributed by atoms with Crippen LogP contribution in [0.15, 0.2) is 0 Å². The summed E-state index contributed by atoms with van der Waals surface area (Å²) in [7, 11) is 0. The van der Waals surface area contributed by atoms with E-state index in [2.05, 4.69) is 104 Å². The molecular formula is C48H92. The van der Waals surface area contributed by atoms with Gasteiger partial charge in [-0.2, -0.15) is 0 Å². The van der Waals surface area contributed by atoms with Crippen molar-refractivity contribution in [1.82, 2.24) is 0 Å². The van der Waals surface area contributed by atoms with E-state index in [9.17, 15) is 0 Å². The Balaban J connectivity index is 2.83. The second-order valence-corrected chi connectivity index (χ2v) is 21.3. The molecule has 0 heterocycles. The first-order valence-electron chi connectivity index (χ1n) is 22.5. The van der Waals surface area contributed by atoms with Crippen molar-refractivity contribution < 1.29 is 0 Å². The van der Waals surface area contributed by atoms with Gasteiger partial charge in [0.05, 0.1) is 0 Å². The standard InChI is InChI=1S/C48H92/c1-16-20-32-47(38(9)18-3)45(31-17-2,37(7)8)39(10)34-42(40-26-22-21-23-27-40)46(35-44(14,15)19-4,41-28-24-25-29-41)48(47,43(11,12)13)33-30-36(5)6/h36-42H,16-35H2,1-15H3. The van der Waals surface area contributed by atoms with Gasteiger partial charge in [-0.05, 0) is 119 Å². The van der Waals surface area contributed by atoms with Gasteiger partial charge in [0.2, 0.25) is 0 Å². The molecule has 3 rings (SSSR count). The zero-order chi connectivity index (χ0) is 36.2. The summed E-state index contributed by atoms with van der Waals surface area (Å²) in [5, 5.41) is 0. The minimum atomic E-state index is 0.219. The van der Waals surface area contributed by atoms with E-state index in [1.165, 1.54) is 128 Å². The Morgan fingerprint density at radius 3 is 1.75 bits per heavy atom. The number of hydrogen-bond donors (Lipinski definition) is 0. The van der Waals surface area contributed by atoms with Crippen LogP contribution in [-0.2, 0) is 0 Å². The summed E-state index contributed by atoms with van der Waals surface area (Å²) in [4.78, 5) is 0. The van der Waals surface area contributed by atoms with E-state index < -0.39 is 0 Å². The molecule has 48 heavy (non-hydrogen) atoms. The summed E-state index contributed by atoms with van der Waals surface area (Å²) in [6.07, 6.45) is 28.8. The van der Waals surface area contributed by atoms with Crippen molar-refractivity contribution in [3.63, 3.8) is 0 Å². The van der Waals surface area contributed by atoms with Crippen LogP contribution in [-0.4, -0.2) is 0 Å². The summed E-state index contributed by atoms with van der Waals surface area (Å²) >= 11 is 0. The molecule has 0 spiro atoms. The highest BCUT2D eigenvalue weighted by atomic mass is 14.8. The summed E-state index contributed by atoms with van der Waals surface area (Å²) in [5.74, 6) is 5.59. The maximum Gasteiger partial charge on any atom is -0.0122 e. The van der Waals surface area contributed by atoms with Crippen LogP contribution in [0.5, 0.6) is 0 Å². The Labute approximate surface area is 305 Å². The molecule has 0 bridgehead atoms. The number of rotatable bonds is 16. The van der Waals surface area contributed by atoms with Crippen molar-refractivity contribution in [3.05, 3.63) is 0 Å². The van der Waals surface area contributed by atoms with Gasteiger partial charge in [-0.15, -0.1) is 0 Å². The zero-order valence-corrected chi connectivity index (χ0v) is 36.2. The lowest BCUT2D eigenvalue weighted by atomic mass is 9.27. The van der Waals surface area contributed by atoms with Crippen molar-refractivity contribution in [1.29, 1.82) is 0 Å². The largest absolute Gasteiger partial charge is 0.0654 e. The van der Waals surface area contributed by atoms with Crippen LogP contribution in [0.3, 0.4) is 0 Å². The lowest BCUT2D eigenvalue weighted by Gasteiger charge is -2.77. The van der Waals surface area contributed by atoms with Crippen LogP contribution >= 0.6 is 0 Å². The molecule has 0 amide bonds. The van der Waals surface area contributed by atoms with Gasteiger partial charge in [-0.3, -0.25) is 0 Å². The fourth-order valence-corrected chi connectivity index (χ4v) is 15.3. The quantitative estimate of drug-likeness (QED) is 0.144. The van der Waals surface area contributed by atoms with Gasteiger partial charge < -0.3 is 0 Å². The molecule has 0 N–H and O–H groups in total. The molecule has 3 fully saturated rings. The monoisotopic (exact) mass is 669 g/mol. The van der Waals surface area contributed by atoms with Gasteiger partial charge in [0, 0.05) is 0 Å². The molecule has 0 saturated heterocycles. The third-order valence-electron chi connectivity index (χ3n) is 17.0. The minimum Gasteiger partial charge on any atom is -0.0654 e. The molecule has 0 nitrogen and oxygen atoms in total. The lowest BCUT2D eigenvalue weighted by molar-refractivity contribution is -0.293. The second-order valence-electron chi connectivity index (χ2n) is 21.3. The first-order chi connectivity index (χ1) is 22.5. The van der Waals surface area contributed by atoms with Gasteiger partial charge in [-0.1, -0.05) is 187 Å². The first kappa shape index (κ1) is 42.4. The van der Waals surface area contributed by atoms with Gasteiger partial charge >= 0.3 is 0 Å². The number of unbranched alkanes of at least 4 members (excludes halogenated alkanes) is 1. The Bertz CT molecular complexity index is 936. The highest BCUT2D eigenvalue weighted by molar-refractivity contribution is 5.26. The van der Waals surface area contributed by atoms with Crippen LogP contribution in [0.1, 0.15) is 232 Å². The Kier molecular flexibility index (Phi) is 14.8. The van der Waals surface area contributed by atoms with Gasteiger partial charge in [-0.25, -0.2) is 0 Å². The van der Waals surface area contributed by atoms with Crippen LogP contribution in [0.25, 0.3) is 0 Å². The molecule has 0 heteroatoms. The predicted octanol–water partition coefficient (Wildman–Crippen LogP) is 16.4. The molecule has 3 aliphatic rings. The molecule has 0 radical (unpaired) electrons. The van der Waals surface area contributed by atoms with Crippen molar-refractivity contribution in [3.8, 4) is 0 Å². The van der Waals surface area contributed by atoms with E-state index >= 15 is 0 Å². The van der Waals surface area contributed by atoms with Crippen molar-refractivity contribution in [2.45, 2.75) is 232 Å². The molecule has 3 saturated carbocycles. The van der Waals surface area contributed by atoms with E-state index in [1.54, 1.807) is 0 Å². The SMILES string of the molecule is CCCCC1(C(C)CC)C(CCC)(C(C)C)C(C)CC(C2CCCCC2)C(CC(C)(C)CC)(C2CCCC2)C1(CCC(C)C)C(C)(C)C. The fourth-order valence-electron chi connectivity index (χ4n) is 15.3. The lowest BCUT2D eigenvalue weighted by Crippen LogP contribution is -2.71. The Morgan fingerprint density at radius 1 is 0.708 bits per heavy atom. The molecule has 0 aromatic heterocycles. The van der Waals surface area contributed by atoms with Gasteiger partial charge in [0.25, 0.3) is 0 Å². The third-order valence-corrected chi connectivity index (χ3v) is 17.0. The van der Waals surface area contributed by atoms with E-state index in [-0.39, 0.29) is 10.8 Å². The normalized spacial score (nSPS) is 35.4. The zero-order valence-electron chi connectivity index (χ0n) is 36.2. The molecule has 3 aliphatic carbocycles. The van der Waals surface area contributed by atoms with Gasteiger partial charge in [0.1, 0.15) is 0 Å². The molecule has 0 aromatic rings. The van der Waals surface area contributed by atoms with E-state index in [0.29, 0.717) is 27.6 Å². The van der Waals surface area contributed by atoms with Crippen molar-refractivity contribution >= 4 is 0 Å². The molecule has 284 valence electrons. The molecular weight excluding hydrogens is 577 g/mol. The molecule has 7 atom stereocenters. The van der Waals surface area contributed by atoms with Crippen molar-refractivity contribution in [2.24, 2.45) is 73.9 Å². The molecule has 7 unspecified atom stereocenters. The average Bonchev–Trinajstić information content (AvgIpc) is 3.56. The minimum absolute atomic E-state index is 0.219. The first-order valence-corrected chi connectivity index (χ1v) is 22.5. The maximum atomic E-state index is 2.86. The van der Waals surface area contributed by atoms with Crippen LogP contribution in [0, 0.1) is 73.9 Å². The average molecular weight is 669 g/mol. The van der Waals surface area contributed by atoms with E-state index in [1.807, 2.05) is 0 Å². The molecule has 0 aliphatic heterocycles. The topological polar surface area (TPSA) is 0 Å². The fraction of sp³-hybridized carbons (Fsp3) is 1.00. The van der Waals surface area contributed by atoms with E-state index in [4.69, 9.17) is 0 Å². The summed E-state index contributed by atoms with van der Waals surface area (Å²) in [6, 6.07) is 0. The second kappa shape index (κ2) is 16.8. The van der Waals surface area contributed by atoms with E-state index in [0.717, 1.165) is 35.5 Å². The van der Waals surface area contributed by atoms with Gasteiger partial charge in [0.15, 0.2) is 0 Å². The number of hydrogen-bond acceptors (Lipinski definition) is 0. The molecule has 0 aromatic carbocycles. The van der Waals surface area contributed by atoms with Crippen LogP contribution < -0.4 is 0 Å². The Morgan fingerprint density at radius 2 is 1.29 bits per heavy atom. The van der Waals surface area contributed by atoms with Crippen LogP contribution in [0.4, 0.5) is 0 Å². The summed E-state index contributed by atoms with van der Waals surface area (Å²) < 4.78 is 0. The summed E-state index contributed by atoms with van der Waals surface area (Å²) in [5.41, 5.74) is 1.87. The smallest absolute Gasteiger partial charge is 0.0122 e. The maximum absolute atomic E-state index is 2.86. The van der Waals surface area contributed by atoms with Crippen molar-refractivity contribution in [2.75, 3.05) is 0 Å². The third kappa shape index (κ3) is 7.04. The highest BCUT2D eigenvalue weighted by Crippen LogP contribution is 2.84. The van der Waals surface area contributed by atoms with Crippen LogP contribution in [0.2, 0.25) is 0 Å². The highest BCUT2D eigenvalue weighted by Gasteiger charge is 2.78. The predicted molar refractivity (Wildman–Crippen MR) is 216 cm³/mol. The Hall–Kier alpha value is 0.